The summed E-state index contributed by atoms with van der Waals surface area (Å²) in [4.78, 5) is 16.0. The zero-order chi connectivity index (χ0) is 13.1. The Morgan fingerprint density at radius 3 is 2.78 bits per heavy atom. The van der Waals surface area contributed by atoms with Crippen molar-refractivity contribution in [3.63, 3.8) is 0 Å². The smallest absolute Gasteiger partial charge is 0.256 e. The monoisotopic (exact) mass is 261 g/mol. The molecule has 0 fully saturated rings. The summed E-state index contributed by atoms with van der Waals surface area (Å²) in [5, 5.41) is 3.06. The second-order valence-corrected chi connectivity index (χ2v) is 4.32. The Labute approximate surface area is 110 Å². The summed E-state index contributed by atoms with van der Waals surface area (Å²) in [5.74, 6) is 0.239. The molecule has 0 atom stereocenters. The fourth-order valence-corrected chi connectivity index (χ4v) is 1.64. The van der Waals surface area contributed by atoms with Crippen LogP contribution in [0.3, 0.4) is 0 Å². The number of rotatable bonds is 2. The Kier molecular flexibility index (Phi) is 3.48. The van der Waals surface area contributed by atoms with Gasteiger partial charge in [-0.2, -0.15) is 0 Å². The molecule has 5 heteroatoms. The van der Waals surface area contributed by atoms with Crippen LogP contribution >= 0.6 is 11.6 Å². The Hall–Kier alpha value is -2.07. The van der Waals surface area contributed by atoms with Crippen molar-refractivity contribution in [3.05, 3.63) is 52.7 Å². The van der Waals surface area contributed by atoms with E-state index in [0.29, 0.717) is 22.1 Å². The van der Waals surface area contributed by atoms with Crippen molar-refractivity contribution >= 4 is 29.0 Å². The van der Waals surface area contributed by atoms with E-state index in [-0.39, 0.29) is 5.91 Å². The first-order valence-corrected chi connectivity index (χ1v) is 5.73. The standard InChI is InChI=1S/C13H12ClN3O/c1-8-4-5-16-12(6-8)17-13(18)9-2-3-11(15)10(14)7-9/h2-7H,15H2,1H3,(H,16,17,18). The van der Waals surface area contributed by atoms with Crippen LogP contribution in [0.2, 0.25) is 5.02 Å². The van der Waals surface area contributed by atoms with Crippen molar-refractivity contribution in [2.24, 2.45) is 0 Å². The molecule has 4 nitrogen and oxygen atoms in total. The van der Waals surface area contributed by atoms with E-state index in [1.165, 1.54) is 6.07 Å². The molecule has 0 aliphatic carbocycles. The number of nitrogens with one attached hydrogen (secondary N) is 1. The molecule has 1 aromatic carbocycles. The van der Waals surface area contributed by atoms with Crippen molar-refractivity contribution in [2.75, 3.05) is 11.1 Å². The van der Waals surface area contributed by atoms with E-state index in [9.17, 15) is 4.79 Å². The number of amides is 1. The number of nitrogens with zero attached hydrogens (tertiary/aromatic N) is 1. The third kappa shape index (κ3) is 2.78. The Morgan fingerprint density at radius 2 is 2.11 bits per heavy atom. The summed E-state index contributed by atoms with van der Waals surface area (Å²) < 4.78 is 0. The lowest BCUT2D eigenvalue weighted by Crippen LogP contribution is -2.13. The number of aromatic nitrogens is 1. The van der Waals surface area contributed by atoms with Crippen LogP contribution in [0.15, 0.2) is 36.5 Å². The van der Waals surface area contributed by atoms with Crippen molar-refractivity contribution < 1.29 is 4.79 Å². The highest BCUT2D eigenvalue weighted by Crippen LogP contribution is 2.20. The first-order valence-electron chi connectivity index (χ1n) is 5.35. The number of hydrogen-bond acceptors (Lipinski definition) is 3. The van der Waals surface area contributed by atoms with Gasteiger partial charge >= 0.3 is 0 Å². The Bertz CT molecular complexity index is 599. The Balaban J connectivity index is 2.19. The normalized spacial score (nSPS) is 10.1. The van der Waals surface area contributed by atoms with Gasteiger partial charge in [0, 0.05) is 11.8 Å². The Morgan fingerprint density at radius 1 is 1.33 bits per heavy atom. The van der Waals surface area contributed by atoms with Crippen LogP contribution in [0.4, 0.5) is 11.5 Å². The first-order chi connectivity index (χ1) is 8.56. The van der Waals surface area contributed by atoms with Gasteiger partial charge in [0.15, 0.2) is 0 Å². The van der Waals surface area contributed by atoms with Crippen molar-refractivity contribution in [1.82, 2.24) is 4.98 Å². The van der Waals surface area contributed by atoms with E-state index in [4.69, 9.17) is 17.3 Å². The molecular formula is C13H12ClN3O. The average molecular weight is 262 g/mol. The minimum Gasteiger partial charge on any atom is -0.398 e. The molecule has 0 radical (unpaired) electrons. The molecule has 3 N–H and O–H groups in total. The van der Waals surface area contributed by atoms with Crippen LogP contribution in [-0.2, 0) is 0 Å². The molecule has 1 amide bonds. The third-order valence-electron chi connectivity index (χ3n) is 2.42. The molecule has 0 saturated carbocycles. The highest BCUT2D eigenvalue weighted by Gasteiger charge is 2.08. The van der Waals surface area contributed by atoms with Crippen LogP contribution in [-0.4, -0.2) is 10.9 Å². The number of anilines is 2. The molecule has 0 bridgehead atoms. The van der Waals surface area contributed by atoms with Gasteiger partial charge in [0.25, 0.3) is 5.91 Å². The van der Waals surface area contributed by atoms with E-state index in [2.05, 4.69) is 10.3 Å². The maximum Gasteiger partial charge on any atom is 0.256 e. The summed E-state index contributed by atoms with van der Waals surface area (Å²) in [5.41, 5.74) is 7.50. The fourth-order valence-electron chi connectivity index (χ4n) is 1.46. The van der Waals surface area contributed by atoms with Crippen LogP contribution < -0.4 is 11.1 Å². The molecule has 18 heavy (non-hydrogen) atoms. The number of carbonyl (C=O) groups is 1. The predicted octanol–water partition coefficient (Wildman–Crippen LogP) is 2.88. The molecular weight excluding hydrogens is 250 g/mol. The van der Waals surface area contributed by atoms with Crippen molar-refractivity contribution in [2.45, 2.75) is 6.92 Å². The molecule has 1 aromatic heterocycles. The number of nitrogens with two attached hydrogens (primary N) is 1. The number of benzene rings is 1. The van der Waals surface area contributed by atoms with Gasteiger partial charge in [-0.3, -0.25) is 4.79 Å². The lowest BCUT2D eigenvalue weighted by atomic mass is 10.2. The zero-order valence-electron chi connectivity index (χ0n) is 9.77. The molecule has 0 unspecified atom stereocenters. The van der Waals surface area contributed by atoms with Gasteiger partial charge in [0.05, 0.1) is 10.7 Å². The number of carbonyl (C=O) groups excluding carboxylic acids is 1. The van der Waals surface area contributed by atoms with Gasteiger partial charge in [-0.05, 0) is 42.8 Å². The quantitative estimate of drug-likeness (QED) is 0.817. The highest BCUT2D eigenvalue weighted by molar-refractivity contribution is 6.33. The van der Waals surface area contributed by atoms with Crippen LogP contribution in [0.1, 0.15) is 15.9 Å². The maximum atomic E-state index is 11.9. The minimum atomic E-state index is -0.269. The van der Waals surface area contributed by atoms with E-state index in [1.54, 1.807) is 24.4 Å². The largest absolute Gasteiger partial charge is 0.398 e. The van der Waals surface area contributed by atoms with Crippen LogP contribution in [0, 0.1) is 6.92 Å². The molecule has 0 aliphatic heterocycles. The van der Waals surface area contributed by atoms with E-state index in [0.717, 1.165) is 5.56 Å². The molecule has 0 saturated heterocycles. The van der Waals surface area contributed by atoms with Gasteiger partial charge in [0.1, 0.15) is 5.82 Å². The van der Waals surface area contributed by atoms with Crippen molar-refractivity contribution in [3.8, 4) is 0 Å². The second-order valence-electron chi connectivity index (χ2n) is 3.91. The van der Waals surface area contributed by atoms with Gasteiger partial charge < -0.3 is 11.1 Å². The molecule has 2 aromatic rings. The van der Waals surface area contributed by atoms with Gasteiger partial charge in [-0.25, -0.2) is 4.98 Å². The predicted molar refractivity (Wildman–Crippen MR) is 72.8 cm³/mol. The number of halogens is 1. The second kappa shape index (κ2) is 5.06. The van der Waals surface area contributed by atoms with Gasteiger partial charge in [0.2, 0.25) is 0 Å². The molecule has 0 aliphatic rings. The van der Waals surface area contributed by atoms with E-state index >= 15 is 0 Å². The SMILES string of the molecule is Cc1ccnc(NC(=O)c2ccc(N)c(Cl)c2)c1. The van der Waals surface area contributed by atoms with Gasteiger partial charge in [-0.1, -0.05) is 11.6 Å². The average Bonchev–Trinajstić information content (AvgIpc) is 2.32. The third-order valence-corrected chi connectivity index (χ3v) is 2.75. The highest BCUT2D eigenvalue weighted by atomic mass is 35.5. The maximum absolute atomic E-state index is 11.9. The lowest BCUT2D eigenvalue weighted by molar-refractivity contribution is 0.102. The van der Waals surface area contributed by atoms with Crippen molar-refractivity contribution in [1.29, 1.82) is 0 Å². The van der Waals surface area contributed by atoms with Crippen LogP contribution in [0.25, 0.3) is 0 Å². The zero-order valence-corrected chi connectivity index (χ0v) is 10.5. The lowest BCUT2D eigenvalue weighted by Gasteiger charge is -2.06. The topological polar surface area (TPSA) is 68.0 Å². The van der Waals surface area contributed by atoms with E-state index < -0.39 is 0 Å². The van der Waals surface area contributed by atoms with E-state index in [1.807, 2.05) is 13.0 Å². The fraction of sp³-hybridized carbons (Fsp3) is 0.0769. The molecule has 2 rings (SSSR count). The summed E-state index contributed by atoms with van der Waals surface area (Å²) in [6, 6.07) is 8.39. The number of pyridine rings is 1. The molecule has 1 heterocycles. The molecule has 0 spiro atoms. The summed E-state index contributed by atoms with van der Waals surface area (Å²) in [7, 11) is 0. The first kappa shape index (κ1) is 12.4. The molecule has 92 valence electrons. The summed E-state index contributed by atoms with van der Waals surface area (Å²) >= 11 is 5.87. The van der Waals surface area contributed by atoms with Crippen LogP contribution in [0.5, 0.6) is 0 Å². The summed E-state index contributed by atoms with van der Waals surface area (Å²) in [6.07, 6.45) is 1.64. The number of hydrogen-bond donors (Lipinski definition) is 2. The number of nitrogen functional groups attached to an aromatic ring is 1. The minimum absolute atomic E-state index is 0.269. The van der Waals surface area contributed by atoms with Gasteiger partial charge in [-0.15, -0.1) is 0 Å². The summed E-state index contributed by atoms with van der Waals surface area (Å²) in [6.45, 7) is 1.93. The number of aryl methyl sites for hydroxylation is 1.